The standard InChI is InChI=1S/C18H17NO/c1-13-16(12-18(20)14-8-4-3-5-9-14)15-10-6-7-11-17(15)19(13)2/h3-11H,12H2,1-2H3. The summed E-state index contributed by atoms with van der Waals surface area (Å²) in [5.74, 6) is 0.171. The van der Waals surface area contributed by atoms with E-state index in [2.05, 4.69) is 23.6 Å². The van der Waals surface area contributed by atoms with Gasteiger partial charge in [0.05, 0.1) is 0 Å². The normalized spacial score (nSPS) is 10.9. The highest BCUT2D eigenvalue weighted by atomic mass is 16.1. The van der Waals surface area contributed by atoms with Crippen molar-refractivity contribution in [1.82, 2.24) is 4.57 Å². The highest BCUT2D eigenvalue weighted by Crippen LogP contribution is 2.25. The zero-order valence-corrected chi connectivity index (χ0v) is 11.8. The summed E-state index contributed by atoms with van der Waals surface area (Å²) in [6, 6.07) is 17.7. The molecule has 0 radical (unpaired) electrons. The molecule has 0 saturated carbocycles. The molecule has 0 N–H and O–H groups in total. The Morgan fingerprint density at radius 2 is 1.65 bits per heavy atom. The van der Waals surface area contributed by atoms with Gasteiger partial charge >= 0.3 is 0 Å². The van der Waals surface area contributed by atoms with Crippen molar-refractivity contribution in [2.75, 3.05) is 0 Å². The Morgan fingerprint density at radius 3 is 2.40 bits per heavy atom. The molecule has 0 saturated heterocycles. The minimum Gasteiger partial charge on any atom is -0.348 e. The smallest absolute Gasteiger partial charge is 0.167 e. The second kappa shape index (κ2) is 4.97. The van der Waals surface area contributed by atoms with Crippen LogP contribution >= 0.6 is 0 Å². The fraction of sp³-hybridized carbons (Fsp3) is 0.167. The molecule has 0 fully saturated rings. The van der Waals surface area contributed by atoms with Crippen LogP contribution in [0.3, 0.4) is 0 Å². The number of benzene rings is 2. The number of aryl methyl sites for hydroxylation is 1. The Labute approximate surface area is 118 Å². The second-order valence-electron chi connectivity index (χ2n) is 5.11. The molecular formula is C18H17NO. The number of carbonyl (C=O) groups excluding carboxylic acids is 1. The maximum absolute atomic E-state index is 12.4. The Kier molecular flexibility index (Phi) is 3.15. The van der Waals surface area contributed by atoms with E-state index in [9.17, 15) is 4.79 Å². The summed E-state index contributed by atoms with van der Waals surface area (Å²) in [4.78, 5) is 12.4. The monoisotopic (exact) mass is 263 g/mol. The lowest BCUT2D eigenvalue weighted by Gasteiger charge is -2.03. The Morgan fingerprint density at radius 1 is 1.00 bits per heavy atom. The van der Waals surface area contributed by atoms with Gasteiger partial charge in [-0.05, 0) is 18.6 Å². The first-order chi connectivity index (χ1) is 9.68. The summed E-state index contributed by atoms with van der Waals surface area (Å²) in [6.45, 7) is 2.08. The van der Waals surface area contributed by atoms with Crippen LogP contribution < -0.4 is 0 Å². The van der Waals surface area contributed by atoms with Crippen LogP contribution in [0.25, 0.3) is 10.9 Å². The molecule has 3 rings (SSSR count). The number of hydrogen-bond acceptors (Lipinski definition) is 1. The molecule has 0 bridgehead atoms. The van der Waals surface area contributed by atoms with E-state index in [4.69, 9.17) is 0 Å². The Balaban J connectivity index is 2.04. The summed E-state index contributed by atoms with van der Waals surface area (Å²) in [6.07, 6.45) is 0.456. The molecule has 0 aliphatic carbocycles. The Hall–Kier alpha value is -2.35. The van der Waals surface area contributed by atoms with Crippen molar-refractivity contribution in [3.63, 3.8) is 0 Å². The molecule has 0 unspecified atom stereocenters. The van der Waals surface area contributed by atoms with Gasteiger partial charge in [0.15, 0.2) is 5.78 Å². The van der Waals surface area contributed by atoms with E-state index in [1.165, 1.54) is 10.9 Å². The fourth-order valence-corrected chi connectivity index (χ4v) is 2.71. The lowest BCUT2D eigenvalue weighted by molar-refractivity contribution is 0.0993. The summed E-state index contributed by atoms with van der Waals surface area (Å²) in [5.41, 5.74) is 4.26. The van der Waals surface area contributed by atoms with Crippen molar-refractivity contribution in [2.45, 2.75) is 13.3 Å². The van der Waals surface area contributed by atoms with E-state index in [-0.39, 0.29) is 5.78 Å². The van der Waals surface area contributed by atoms with Gasteiger partial charge in [0.25, 0.3) is 0 Å². The average molecular weight is 263 g/mol. The van der Waals surface area contributed by atoms with Gasteiger partial charge in [-0.25, -0.2) is 0 Å². The predicted molar refractivity (Wildman–Crippen MR) is 82.1 cm³/mol. The summed E-state index contributed by atoms with van der Waals surface area (Å²) in [5, 5.41) is 1.18. The molecule has 2 aromatic carbocycles. The van der Waals surface area contributed by atoms with Crippen molar-refractivity contribution in [3.05, 3.63) is 71.4 Å². The summed E-state index contributed by atoms with van der Waals surface area (Å²) in [7, 11) is 2.05. The van der Waals surface area contributed by atoms with Gasteiger partial charge in [0, 0.05) is 35.6 Å². The molecule has 2 nitrogen and oxygen atoms in total. The number of para-hydroxylation sites is 1. The minimum absolute atomic E-state index is 0.171. The third kappa shape index (κ3) is 2.03. The van der Waals surface area contributed by atoms with Crippen molar-refractivity contribution >= 4 is 16.7 Å². The molecule has 0 aliphatic heterocycles. The molecule has 0 amide bonds. The van der Waals surface area contributed by atoms with Crippen LogP contribution in [0, 0.1) is 6.92 Å². The third-order valence-electron chi connectivity index (χ3n) is 3.96. The maximum Gasteiger partial charge on any atom is 0.167 e. The lowest BCUT2D eigenvalue weighted by atomic mass is 10.0. The molecule has 0 atom stereocenters. The highest BCUT2D eigenvalue weighted by Gasteiger charge is 2.15. The average Bonchev–Trinajstić information content (AvgIpc) is 2.74. The maximum atomic E-state index is 12.4. The van der Waals surface area contributed by atoms with Crippen LogP contribution in [0.2, 0.25) is 0 Å². The fourth-order valence-electron chi connectivity index (χ4n) is 2.71. The van der Waals surface area contributed by atoms with E-state index < -0.39 is 0 Å². The summed E-state index contributed by atoms with van der Waals surface area (Å²) >= 11 is 0. The van der Waals surface area contributed by atoms with Crippen molar-refractivity contribution in [3.8, 4) is 0 Å². The Bertz CT molecular complexity index is 769. The predicted octanol–water partition coefficient (Wildman–Crippen LogP) is 3.91. The van der Waals surface area contributed by atoms with E-state index in [0.29, 0.717) is 6.42 Å². The van der Waals surface area contributed by atoms with Crippen LogP contribution in [0.5, 0.6) is 0 Å². The highest BCUT2D eigenvalue weighted by molar-refractivity contribution is 6.00. The molecule has 2 heteroatoms. The van der Waals surface area contributed by atoms with Crippen molar-refractivity contribution < 1.29 is 4.79 Å². The lowest BCUT2D eigenvalue weighted by Crippen LogP contribution is -2.04. The molecular weight excluding hydrogens is 246 g/mol. The van der Waals surface area contributed by atoms with Gasteiger partial charge in [-0.2, -0.15) is 0 Å². The first-order valence-electron chi connectivity index (χ1n) is 6.79. The zero-order valence-electron chi connectivity index (χ0n) is 11.8. The molecule has 20 heavy (non-hydrogen) atoms. The number of nitrogens with zero attached hydrogens (tertiary/aromatic N) is 1. The van der Waals surface area contributed by atoms with Gasteiger partial charge < -0.3 is 4.57 Å². The van der Waals surface area contributed by atoms with Gasteiger partial charge in [-0.3, -0.25) is 4.79 Å². The van der Waals surface area contributed by atoms with Crippen molar-refractivity contribution in [1.29, 1.82) is 0 Å². The van der Waals surface area contributed by atoms with Crippen LogP contribution in [0.15, 0.2) is 54.6 Å². The second-order valence-corrected chi connectivity index (χ2v) is 5.11. The minimum atomic E-state index is 0.171. The van der Waals surface area contributed by atoms with E-state index in [1.807, 2.05) is 49.5 Å². The quantitative estimate of drug-likeness (QED) is 0.657. The van der Waals surface area contributed by atoms with Crippen LogP contribution in [0.4, 0.5) is 0 Å². The van der Waals surface area contributed by atoms with E-state index in [1.54, 1.807) is 0 Å². The van der Waals surface area contributed by atoms with E-state index >= 15 is 0 Å². The first kappa shape index (κ1) is 12.7. The molecule has 100 valence electrons. The number of Topliss-reactive ketones (excluding diaryl/α,β-unsaturated/α-hetero) is 1. The van der Waals surface area contributed by atoms with Gasteiger partial charge in [0.1, 0.15) is 0 Å². The number of fused-ring (bicyclic) bond motifs is 1. The van der Waals surface area contributed by atoms with Crippen molar-refractivity contribution in [2.24, 2.45) is 7.05 Å². The number of aromatic nitrogens is 1. The topological polar surface area (TPSA) is 22.0 Å². The van der Waals surface area contributed by atoms with Crippen LogP contribution in [0.1, 0.15) is 21.6 Å². The largest absolute Gasteiger partial charge is 0.348 e. The van der Waals surface area contributed by atoms with Gasteiger partial charge in [-0.1, -0.05) is 48.5 Å². The number of carbonyl (C=O) groups is 1. The molecule has 0 aliphatic rings. The molecule has 1 aromatic heterocycles. The summed E-state index contributed by atoms with van der Waals surface area (Å²) < 4.78 is 2.16. The molecule has 1 heterocycles. The first-order valence-corrected chi connectivity index (χ1v) is 6.79. The molecule has 0 spiro atoms. The number of ketones is 1. The van der Waals surface area contributed by atoms with E-state index in [0.717, 1.165) is 16.8 Å². The molecule has 3 aromatic rings. The SMILES string of the molecule is Cc1c(CC(=O)c2ccccc2)c2ccccc2n1C. The van der Waals surface area contributed by atoms with Crippen LogP contribution in [-0.4, -0.2) is 10.4 Å². The van der Waals surface area contributed by atoms with Gasteiger partial charge in [0.2, 0.25) is 0 Å². The van der Waals surface area contributed by atoms with Crippen LogP contribution in [-0.2, 0) is 13.5 Å². The number of rotatable bonds is 3. The third-order valence-corrected chi connectivity index (χ3v) is 3.96. The number of hydrogen-bond donors (Lipinski definition) is 0. The van der Waals surface area contributed by atoms with Gasteiger partial charge in [-0.15, -0.1) is 0 Å². The zero-order chi connectivity index (χ0) is 14.1.